The molecule has 1 aromatic carbocycles. The fourth-order valence-electron chi connectivity index (χ4n) is 2.35. The molecule has 1 heterocycles. The summed E-state index contributed by atoms with van der Waals surface area (Å²) in [7, 11) is 0. The number of carbonyl (C=O) groups excluding carboxylic acids is 3. The van der Waals surface area contributed by atoms with Gasteiger partial charge in [-0.3, -0.25) is 9.59 Å². The van der Waals surface area contributed by atoms with Crippen LogP contribution in [0.5, 0.6) is 0 Å². The molecule has 0 N–H and O–H groups in total. The molecule has 0 aliphatic carbocycles. The quantitative estimate of drug-likeness (QED) is 0.531. The number of carbonyl (C=O) groups is 3. The van der Waals surface area contributed by atoms with Crippen LogP contribution in [0.25, 0.3) is 0 Å². The highest BCUT2D eigenvalue weighted by molar-refractivity contribution is 9.10. The Morgan fingerprint density at radius 2 is 1.88 bits per heavy atom. The lowest BCUT2D eigenvalue weighted by Crippen LogP contribution is -2.38. The lowest BCUT2D eigenvalue weighted by molar-refractivity contribution is -0.127. The van der Waals surface area contributed by atoms with Gasteiger partial charge in [0.25, 0.3) is 6.47 Å². The number of hydrogen-bond acceptors (Lipinski definition) is 5. The Hall–Kier alpha value is -1.89. The Kier molecular flexibility index (Phi) is 8.78. The first-order chi connectivity index (χ1) is 12.1. The van der Waals surface area contributed by atoms with Crippen LogP contribution in [0, 0.1) is 0 Å². The third kappa shape index (κ3) is 7.99. The van der Waals surface area contributed by atoms with Gasteiger partial charge in [0.2, 0.25) is 0 Å². The van der Waals surface area contributed by atoms with E-state index in [-0.39, 0.29) is 30.6 Å². The minimum Gasteiger partial charge on any atom is -0.459 e. The summed E-state index contributed by atoms with van der Waals surface area (Å²) in [6.07, 6.45) is 2.03. The van der Waals surface area contributed by atoms with Gasteiger partial charge in [-0.05, 0) is 52.7 Å². The Morgan fingerprint density at radius 3 is 2.35 bits per heavy atom. The number of ketones is 1. The first-order valence-electron chi connectivity index (χ1n) is 8.47. The van der Waals surface area contributed by atoms with Gasteiger partial charge in [-0.25, -0.2) is 4.79 Å². The number of benzene rings is 1. The molecule has 1 aliphatic rings. The van der Waals surface area contributed by atoms with Gasteiger partial charge in [0.1, 0.15) is 5.60 Å². The van der Waals surface area contributed by atoms with E-state index in [0.717, 1.165) is 23.9 Å². The molecule has 7 heteroatoms. The number of Topliss-reactive ketones (excluding diaryl/α,β-unsaturated/α-hetero) is 1. The first-order valence-corrected chi connectivity index (χ1v) is 9.27. The van der Waals surface area contributed by atoms with Crippen molar-refractivity contribution in [2.45, 2.75) is 52.2 Å². The van der Waals surface area contributed by atoms with Crippen molar-refractivity contribution in [2.75, 3.05) is 13.2 Å². The van der Waals surface area contributed by atoms with Crippen molar-refractivity contribution in [2.24, 2.45) is 0 Å². The number of rotatable bonds is 4. The third-order valence-electron chi connectivity index (χ3n) is 3.63. The molecule has 1 aromatic rings. The van der Waals surface area contributed by atoms with E-state index in [1.54, 1.807) is 24.3 Å². The van der Waals surface area contributed by atoms with E-state index >= 15 is 0 Å². The maximum atomic E-state index is 11.6. The number of ether oxygens (including phenoxy) is 2. The van der Waals surface area contributed by atoms with Gasteiger partial charge in [0.05, 0.1) is 0 Å². The molecule has 1 unspecified atom stereocenters. The summed E-state index contributed by atoms with van der Waals surface area (Å²) in [6.45, 7) is 8.65. The number of amides is 1. The summed E-state index contributed by atoms with van der Waals surface area (Å²) in [5.74, 6) is -0.209. The minimum absolute atomic E-state index is 0.169. The van der Waals surface area contributed by atoms with Gasteiger partial charge in [0.15, 0.2) is 12.4 Å². The average molecular weight is 428 g/mol. The summed E-state index contributed by atoms with van der Waals surface area (Å²) in [5, 5.41) is 0. The van der Waals surface area contributed by atoms with E-state index in [1.165, 1.54) is 0 Å². The molecule has 26 heavy (non-hydrogen) atoms. The molecule has 0 aromatic heterocycles. The molecular weight excluding hydrogens is 402 g/mol. The van der Waals surface area contributed by atoms with Crippen LogP contribution in [0.3, 0.4) is 0 Å². The number of hydrogen-bond donors (Lipinski definition) is 0. The Labute approximate surface area is 163 Å². The van der Waals surface area contributed by atoms with Crippen LogP contribution in [0.15, 0.2) is 28.7 Å². The van der Waals surface area contributed by atoms with Gasteiger partial charge in [0, 0.05) is 22.6 Å². The monoisotopic (exact) mass is 427 g/mol. The highest BCUT2D eigenvalue weighted by Crippen LogP contribution is 2.19. The topological polar surface area (TPSA) is 72.9 Å². The molecule has 1 saturated heterocycles. The molecule has 0 bridgehead atoms. The molecule has 0 spiro atoms. The molecule has 6 nitrogen and oxygen atoms in total. The number of nitrogens with zero attached hydrogens (tertiary/aromatic N) is 1. The van der Waals surface area contributed by atoms with Gasteiger partial charge >= 0.3 is 6.09 Å². The van der Waals surface area contributed by atoms with Gasteiger partial charge in [-0.2, -0.15) is 0 Å². The van der Waals surface area contributed by atoms with Gasteiger partial charge < -0.3 is 14.4 Å². The van der Waals surface area contributed by atoms with Gasteiger partial charge in [-0.1, -0.05) is 28.1 Å². The molecular formula is C19H26BrNO5. The Bertz CT molecular complexity index is 609. The van der Waals surface area contributed by atoms with E-state index in [0.29, 0.717) is 11.6 Å². The van der Waals surface area contributed by atoms with Crippen LogP contribution >= 0.6 is 15.9 Å². The highest BCUT2D eigenvalue weighted by atomic mass is 79.9. The summed E-state index contributed by atoms with van der Waals surface area (Å²) in [5.41, 5.74) is 0.157. The zero-order valence-corrected chi connectivity index (χ0v) is 17.2. The molecule has 144 valence electrons. The second kappa shape index (κ2) is 10.3. The average Bonchev–Trinajstić information content (AvgIpc) is 2.98. The molecule has 1 fully saturated rings. The number of halogens is 1. The third-order valence-corrected chi connectivity index (χ3v) is 4.16. The normalized spacial score (nSPS) is 16.3. The Balaban J connectivity index is 0.000000260. The summed E-state index contributed by atoms with van der Waals surface area (Å²) < 4.78 is 10.5. The van der Waals surface area contributed by atoms with Crippen LogP contribution < -0.4 is 0 Å². The summed E-state index contributed by atoms with van der Waals surface area (Å²) in [4.78, 5) is 34.4. The van der Waals surface area contributed by atoms with Crippen LogP contribution in [0.4, 0.5) is 4.79 Å². The van der Waals surface area contributed by atoms with Crippen molar-refractivity contribution in [3.05, 3.63) is 34.3 Å². The lowest BCUT2D eigenvalue weighted by Gasteiger charge is -2.26. The van der Waals surface area contributed by atoms with E-state index in [9.17, 15) is 14.4 Å². The predicted octanol–water partition coefficient (Wildman–Crippen LogP) is 4.21. The SMILES string of the molecule is CC1CCCN1C(=O)OC(C)(C)C.O=COCC(=O)c1ccc(Br)cc1. The zero-order valence-electron chi connectivity index (χ0n) is 15.7. The van der Waals surface area contributed by atoms with E-state index in [1.807, 2.05) is 25.7 Å². The van der Waals surface area contributed by atoms with Crippen LogP contribution in [0.1, 0.15) is 50.9 Å². The van der Waals surface area contributed by atoms with Crippen molar-refractivity contribution >= 4 is 34.3 Å². The predicted molar refractivity (Wildman–Crippen MR) is 102 cm³/mol. The van der Waals surface area contributed by atoms with Crippen LogP contribution in [-0.4, -0.2) is 48.0 Å². The number of likely N-dealkylation sites (tertiary alicyclic amines) is 1. The summed E-state index contributed by atoms with van der Waals surface area (Å²) in [6, 6.07) is 7.19. The molecule has 1 aliphatic heterocycles. The van der Waals surface area contributed by atoms with Crippen molar-refractivity contribution < 1.29 is 23.9 Å². The standard InChI is InChI=1S/C10H19NO2.C9H7BrO3/c1-8-6-5-7-11(8)9(12)13-10(2,3)4;10-8-3-1-7(2-4-8)9(12)5-13-6-11/h8H,5-7H2,1-4H3;1-4,6H,5H2. The van der Waals surface area contributed by atoms with Crippen molar-refractivity contribution in [3.63, 3.8) is 0 Å². The Morgan fingerprint density at radius 1 is 1.27 bits per heavy atom. The molecule has 1 amide bonds. The molecule has 1 atom stereocenters. The molecule has 2 rings (SSSR count). The fraction of sp³-hybridized carbons (Fsp3) is 0.526. The van der Waals surface area contributed by atoms with Crippen LogP contribution in [-0.2, 0) is 14.3 Å². The molecule has 0 saturated carbocycles. The highest BCUT2D eigenvalue weighted by Gasteiger charge is 2.29. The zero-order chi connectivity index (χ0) is 19.7. The minimum atomic E-state index is -0.376. The summed E-state index contributed by atoms with van der Waals surface area (Å²) >= 11 is 3.25. The second-order valence-electron chi connectivity index (χ2n) is 7.00. The van der Waals surface area contributed by atoms with Crippen molar-refractivity contribution in [1.82, 2.24) is 4.90 Å². The lowest BCUT2D eigenvalue weighted by atomic mass is 10.1. The molecule has 0 radical (unpaired) electrons. The smallest absolute Gasteiger partial charge is 0.410 e. The van der Waals surface area contributed by atoms with E-state index in [4.69, 9.17) is 4.74 Å². The first kappa shape index (κ1) is 22.2. The van der Waals surface area contributed by atoms with E-state index < -0.39 is 0 Å². The second-order valence-corrected chi connectivity index (χ2v) is 7.92. The van der Waals surface area contributed by atoms with E-state index in [2.05, 4.69) is 27.6 Å². The van der Waals surface area contributed by atoms with Gasteiger partial charge in [-0.15, -0.1) is 0 Å². The largest absolute Gasteiger partial charge is 0.459 e. The van der Waals surface area contributed by atoms with Crippen LogP contribution in [0.2, 0.25) is 0 Å². The van der Waals surface area contributed by atoms with Crippen molar-refractivity contribution in [3.8, 4) is 0 Å². The van der Waals surface area contributed by atoms with Crippen molar-refractivity contribution in [1.29, 1.82) is 0 Å². The maximum Gasteiger partial charge on any atom is 0.410 e. The maximum absolute atomic E-state index is 11.6. The fourth-order valence-corrected chi connectivity index (χ4v) is 2.62.